The minimum Gasteiger partial charge on any atom is -0.412 e. The largest absolute Gasteiger partial charge is 0.412 e. The molecule has 0 spiro atoms. The average Bonchev–Trinajstić information content (AvgIpc) is 2.30. The SMILES string of the molecule is N=C1NC(=O)c2ccccc21.O. The van der Waals surface area contributed by atoms with E-state index in [0.717, 1.165) is 0 Å². The minimum atomic E-state index is -0.175. The van der Waals surface area contributed by atoms with Gasteiger partial charge in [0.2, 0.25) is 0 Å². The number of hydrogen-bond acceptors (Lipinski definition) is 2. The van der Waals surface area contributed by atoms with E-state index in [1.807, 2.05) is 6.07 Å². The first-order chi connectivity index (χ1) is 5.29. The number of amides is 1. The summed E-state index contributed by atoms with van der Waals surface area (Å²) in [5, 5.41) is 9.76. The molecule has 1 aromatic rings. The van der Waals surface area contributed by atoms with Crippen molar-refractivity contribution in [3.05, 3.63) is 35.4 Å². The van der Waals surface area contributed by atoms with Crippen molar-refractivity contribution in [3.8, 4) is 0 Å². The molecule has 0 aromatic heterocycles. The smallest absolute Gasteiger partial charge is 0.257 e. The predicted molar refractivity (Wildman–Crippen MR) is 44.4 cm³/mol. The number of nitrogens with one attached hydrogen (secondary N) is 2. The number of hydrogen-bond donors (Lipinski definition) is 2. The van der Waals surface area contributed by atoms with Gasteiger partial charge in [-0.1, -0.05) is 18.2 Å². The van der Waals surface area contributed by atoms with Crippen molar-refractivity contribution in [1.82, 2.24) is 5.32 Å². The molecule has 12 heavy (non-hydrogen) atoms. The van der Waals surface area contributed by atoms with Gasteiger partial charge in [0, 0.05) is 5.56 Å². The van der Waals surface area contributed by atoms with Gasteiger partial charge in [0.25, 0.3) is 5.91 Å². The first kappa shape index (κ1) is 8.42. The topological polar surface area (TPSA) is 84.5 Å². The first-order valence-electron chi connectivity index (χ1n) is 3.28. The van der Waals surface area contributed by atoms with E-state index in [-0.39, 0.29) is 17.2 Å². The molecule has 4 nitrogen and oxygen atoms in total. The van der Waals surface area contributed by atoms with Gasteiger partial charge >= 0.3 is 0 Å². The first-order valence-corrected chi connectivity index (χ1v) is 3.28. The summed E-state index contributed by atoms with van der Waals surface area (Å²) < 4.78 is 0. The number of carbonyl (C=O) groups is 1. The van der Waals surface area contributed by atoms with E-state index < -0.39 is 0 Å². The van der Waals surface area contributed by atoms with E-state index >= 15 is 0 Å². The van der Waals surface area contributed by atoms with Crippen molar-refractivity contribution < 1.29 is 10.3 Å². The zero-order chi connectivity index (χ0) is 7.84. The molecule has 1 aliphatic rings. The summed E-state index contributed by atoms with van der Waals surface area (Å²) in [4.78, 5) is 11.0. The number of benzene rings is 1. The van der Waals surface area contributed by atoms with Crippen LogP contribution >= 0.6 is 0 Å². The summed E-state index contributed by atoms with van der Waals surface area (Å²) in [6.45, 7) is 0. The van der Waals surface area contributed by atoms with Gasteiger partial charge < -0.3 is 10.8 Å². The second kappa shape index (κ2) is 2.75. The zero-order valence-corrected chi connectivity index (χ0v) is 6.22. The van der Waals surface area contributed by atoms with Crippen LogP contribution in [0.4, 0.5) is 0 Å². The van der Waals surface area contributed by atoms with Crippen molar-refractivity contribution >= 4 is 11.7 Å². The number of amidine groups is 1. The van der Waals surface area contributed by atoms with Crippen molar-refractivity contribution in [1.29, 1.82) is 5.41 Å². The molecule has 0 bridgehead atoms. The van der Waals surface area contributed by atoms with Crippen LogP contribution in [0.25, 0.3) is 0 Å². The van der Waals surface area contributed by atoms with Crippen LogP contribution in [0.1, 0.15) is 15.9 Å². The Labute approximate surface area is 69.0 Å². The normalized spacial score (nSPS) is 13.3. The highest BCUT2D eigenvalue weighted by Gasteiger charge is 2.22. The van der Waals surface area contributed by atoms with E-state index in [2.05, 4.69) is 5.32 Å². The molecule has 4 heteroatoms. The Balaban J connectivity index is 0.000000720. The lowest BCUT2D eigenvalue weighted by Crippen LogP contribution is -2.19. The van der Waals surface area contributed by atoms with Crippen LogP contribution in [0.2, 0.25) is 0 Å². The van der Waals surface area contributed by atoms with E-state index in [1.165, 1.54) is 0 Å². The summed E-state index contributed by atoms with van der Waals surface area (Å²) in [7, 11) is 0. The Morgan fingerprint density at radius 2 is 1.75 bits per heavy atom. The second-order valence-electron chi connectivity index (χ2n) is 2.37. The average molecular weight is 164 g/mol. The molecular formula is C8H8N2O2. The monoisotopic (exact) mass is 164 g/mol. The van der Waals surface area contributed by atoms with Gasteiger partial charge in [-0.2, -0.15) is 0 Å². The standard InChI is InChI=1S/C8H6N2O.H2O/c9-7-5-3-1-2-4-6(5)8(11)10-7;/h1-4H,(H2,9,10,11);1H2. The Morgan fingerprint density at radius 3 is 2.33 bits per heavy atom. The summed E-state index contributed by atoms with van der Waals surface area (Å²) >= 11 is 0. The molecule has 1 aliphatic heterocycles. The fourth-order valence-electron chi connectivity index (χ4n) is 1.15. The molecular weight excluding hydrogens is 156 g/mol. The van der Waals surface area contributed by atoms with Gasteiger partial charge in [-0.05, 0) is 6.07 Å². The highest BCUT2D eigenvalue weighted by Crippen LogP contribution is 2.13. The maximum atomic E-state index is 11.0. The van der Waals surface area contributed by atoms with Crippen LogP contribution in [0, 0.1) is 5.41 Å². The molecule has 1 aromatic carbocycles. The van der Waals surface area contributed by atoms with Crippen molar-refractivity contribution in [3.63, 3.8) is 0 Å². The Kier molecular flexibility index (Phi) is 1.93. The van der Waals surface area contributed by atoms with Crippen LogP contribution < -0.4 is 5.32 Å². The van der Waals surface area contributed by atoms with Crippen molar-refractivity contribution in [2.75, 3.05) is 0 Å². The van der Waals surface area contributed by atoms with Gasteiger partial charge in [0.15, 0.2) is 0 Å². The molecule has 4 N–H and O–H groups in total. The summed E-state index contributed by atoms with van der Waals surface area (Å²) in [5.74, 6) is 0.0243. The Morgan fingerprint density at radius 1 is 1.17 bits per heavy atom. The molecule has 62 valence electrons. The van der Waals surface area contributed by atoms with Crippen molar-refractivity contribution in [2.24, 2.45) is 0 Å². The third-order valence-corrected chi connectivity index (χ3v) is 1.68. The number of carbonyl (C=O) groups excluding carboxylic acids is 1. The Bertz CT molecular complexity index is 314. The molecule has 0 saturated heterocycles. The minimum absolute atomic E-state index is 0. The van der Waals surface area contributed by atoms with Crippen LogP contribution in [-0.4, -0.2) is 17.2 Å². The van der Waals surface area contributed by atoms with Gasteiger partial charge in [0.05, 0.1) is 5.56 Å². The fraction of sp³-hybridized carbons (Fsp3) is 0. The van der Waals surface area contributed by atoms with Gasteiger partial charge in [0.1, 0.15) is 5.84 Å². The lowest BCUT2D eigenvalue weighted by molar-refractivity contribution is 0.0983. The number of rotatable bonds is 0. The molecule has 2 rings (SSSR count). The van der Waals surface area contributed by atoms with E-state index in [1.54, 1.807) is 18.2 Å². The maximum Gasteiger partial charge on any atom is 0.257 e. The second-order valence-corrected chi connectivity index (χ2v) is 2.37. The van der Waals surface area contributed by atoms with Gasteiger partial charge in [-0.15, -0.1) is 0 Å². The molecule has 0 unspecified atom stereocenters. The highest BCUT2D eigenvalue weighted by atomic mass is 16.2. The van der Waals surface area contributed by atoms with Gasteiger partial charge in [-0.25, -0.2) is 0 Å². The predicted octanol–water partition coefficient (Wildman–Crippen LogP) is -0.0693. The van der Waals surface area contributed by atoms with E-state index in [4.69, 9.17) is 5.41 Å². The highest BCUT2D eigenvalue weighted by molar-refractivity contribution is 6.22. The van der Waals surface area contributed by atoms with E-state index in [0.29, 0.717) is 11.1 Å². The maximum absolute atomic E-state index is 11.0. The lowest BCUT2D eigenvalue weighted by atomic mass is 10.1. The molecule has 0 fully saturated rings. The molecule has 0 radical (unpaired) electrons. The molecule has 0 atom stereocenters. The van der Waals surface area contributed by atoms with Crippen LogP contribution in [-0.2, 0) is 0 Å². The quantitative estimate of drug-likeness (QED) is 0.552. The zero-order valence-electron chi connectivity index (χ0n) is 6.22. The van der Waals surface area contributed by atoms with E-state index in [9.17, 15) is 4.79 Å². The van der Waals surface area contributed by atoms with Gasteiger partial charge in [-0.3, -0.25) is 10.2 Å². The molecule has 0 aliphatic carbocycles. The van der Waals surface area contributed by atoms with Crippen LogP contribution in [0.5, 0.6) is 0 Å². The van der Waals surface area contributed by atoms with Crippen LogP contribution in [0.3, 0.4) is 0 Å². The fourth-order valence-corrected chi connectivity index (χ4v) is 1.15. The summed E-state index contributed by atoms with van der Waals surface area (Å²) in [6.07, 6.45) is 0. The summed E-state index contributed by atoms with van der Waals surface area (Å²) in [6, 6.07) is 7.08. The molecule has 1 amide bonds. The lowest BCUT2D eigenvalue weighted by Gasteiger charge is -1.90. The molecule has 0 saturated carbocycles. The third-order valence-electron chi connectivity index (χ3n) is 1.68. The molecule has 1 heterocycles. The third kappa shape index (κ3) is 0.981. The summed E-state index contributed by atoms with van der Waals surface area (Å²) in [5.41, 5.74) is 1.29. The number of fused-ring (bicyclic) bond motifs is 1. The van der Waals surface area contributed by atoms with Crippen LogP contribution in [0.15, 0.2) is 24.3 Å². The van der Waals surface area contributed by atoms with Crippen molar-refractivity contribution in [2.45, 2.75) is 0 Å². The Hall–Kier alpha value is -1.68.